The maximum Gasteiger partial charge on any atom is 0.127 e. The molecule has 0 saturated carbocycles. The first-order valence-electron chi connectivity index (χ1n) is 5.82. The number of ether oxygens (including phenoxy) is 1. The summed E-state index contributed by atoms with van der Waals surface area (Å²) in [6.07, 6.45) is 2.16. The predicted molar refractivity (Wildman–Crippen MR) is 61.7 cm³/mol. The van der Waals surface area contributed by atoms with E-state index in [1.54, 1.807) is 6.07 Å². The highest BCUT2D eigenvalue weighted by atomic mass is 19.1. The lowest BCUT2D eigenvalue weighted by molar-refractivity contribution is 0.0397. The molecule has 1 N–H and O–H groups in total. The van der Waals surface area contributed by atoms with Crippen molar-refractivity contribution >= 4 is 0 Å². The molecule has 0 radical (unpaired) electrons. The van der Waals surface area contributed by atoms with Gasteiger partial charge in [0.25, 0.3) is 0 Å². The SMILES string of the molecule is CNC(c1ccccc1F)C1CCCOC1. The number of nitrogens with one attached hydrogen (secondary N) is 1. The molecule has 1 aromatic carbocycles. The second-order valence-corrected chi connectivity index (χ2v) is 4.27. The Kier molecular flexibility index (Phi) is 3.91. The maximum absolute atomic E-state index is 13.7. The van der Waals surface area contributed by atoms with E-state index in [0.717, 1.165) is 31.6 Å². The lowest BCUT2D eigenvalue weighted by atomic mass is 9.88. The van der Waals surface area contributed by atoms with E-state index in [0.29, 0.717) is 5.92 Å². The van der Waals surface area contributed by atoms with Gasteiger partial charge in [0.15, 0.2) is 0 Å². The fourth-order valence-electron chi connectivity index (χ4n) is 2.40. The Morgan fingerprint density at radius 3 is 2.88 bits per heavy atom. The van der Waals surface area contributed by atoms with Gasteiger partial charge in [0.2, 0.25) is 0 Å². The van der Waals surface area contributed by atoms with Crippen LogP contribution in [0.5, 0.6) is 0 Å². The van der Waals surface area contributed by atoms with Crippen LogP contribution in [-0.2, 0) is 4.74 Å². The van der Waals surface area contributed by atoms with Gasteiger partial charge in [-0.15, -0.1) is 0 Å². The molecule has 2 unspecified atom stereocenters. The summed E-state index contributed by atoms with van der Waals surface area (Å²) in [6.45, 7) is 1.56. The molecule has 0 bridgehead atoms. The third kappa shape index (κ3) is 2.42. The van der Waals surface area contributed by atoms with E-state index >= 15 is 0 Å². The van der Waals surface area contributed by atoms with E-state index < -0.39 is 0 Å². The van der Waals surface area contributed by atoms with Crippen LogP contribution in [0.15, 0.2) is 24.3 Å². The second kappa shape index (κ2) is 5.41. The van der Waals surface area contributed by atoms with Gasteiger partial charge in [-0.1, -0.05) is 18.2 Å². The largest absolute Gasteiger partial charge is 0.381 e. The summed E-state index contributed by atoms with van der Waals surface area (Å²) in [6, 6.07) is 7.03. The van der Waals surface area contributed by atoms with Gasteiger partial charge in [-0.25, -0.2) is 4.39 Å². The molecule has 1 fully saturated rings. The highest BCUT2D eigenvalue weighted by Gasteiger charge is 2.25. The molecule has 1 aromatic rings. The minimum Gasteiger partial charge on any atom is -0.381 e. The van der Waals surface area contributed by atoms with Crippen LogP contribution in [0.25, 0.3) is 0 Å². The van der Waals surface area contributed by atoms with E-state index in [1.165, 1.54) is 6.07 Å². The summed E-state index contributed by atoms with van der Waals surface area (Å²) < 4.78 is 19.2. The van der Waals surface area contributed by atoms with Crippen molar-refractivity contribution in [3.05, 3.63) is 35.6 Å². The average molecular weight is 223 g/mol. The van der Waals surface area contributed by atoms with Gasteiger partial charge in [0.1, 0.15) is 5.82 Å². The Morgan fingerprint density at radius 1 is 1.44 bits per heavy atom. The van der Waals surface area contributed by atoms with Crippen molar-refractivity contribution in [2.45, 2.75) is 18.9 Å². The van der Waals surface area contributed by atoms with E-state index in [-0.39, 0.29) is 11.9 Å². The number of hydrogen-bond donors (Lipinski definition) is 1. The first kappa shape index (κ1) is 11.6. The lowest BCUT2D eigenvalue weighted by Crippen LogP contribution is -2.32. The summed E-state index contributed by atoms with van der Waals surface area (Å²) in [4.78, 5) is 0. The number of benzene rings is 1. The van der Waals surface area contributed by atoms with Crippen LogP contribution in [0, 0.1) is 11.7 Å². The zero-order valence-corrected chi connectivity index (χ0v) is 9.58. The normalized spacial score (nSPS) is 23.0. The van der Waals surface area contributed by atoms with Crippen molar-refractivity contribution in [2.75, 3.05) is 20.3 Å². The van der Waals surface area contributed by atoms with Gasteiger partial charge in [0, 0.05) is 24.1 Å². The Labute approximate surface area is 95.8 Å². The van der Waals surface area contributed by atoms with Gasteiger partial charge in [0.05, 0.1) is 6.61 Å². The molecule has 0 spiro atoms. The van der Waals surface area contributed by atoms with Gasteiger partial charge in [-0.2, -0.15) is 0 Å². The van der Waals surface area contributed by atoms with Crippen LogP contribution in [0.4, 0.5) is 4.39 Å². The second-order valence-electron chi connectivity index (χ2n) is 4.27. The van der Waals surface area contributed by atoms with Gasteiger partial charge >= 0.3 is 0 Å². The Morgan fingerprint density at radius 2 is 2.25 bits per heavy atom. The monoisotopic (exact) mass is 223 g/mol. The first-order valence-corrected chi connectivity index (χ1v) is 5.82. The molecule has 2 rings (SSSR count). The summed E-state index contributed by atoms with van der Waals surface area (Å²) >= 11 is 0. The van der Waals surface area contributed by atoms with Gasteiger partial charge < -0.3 is 10.1 Å². The van der Waals surface area contributed by atoms with Crippen molar-refractivity contribution in [1.82, 2.24) is 5.32 Å². The number of halogens is 1. The Balaban J connectivity index is 2.18. The zero-order valence-electron chi connectivity index (χ0n) is 9.58. The Hall–Kier alpha value is -0.930. The molecular formula is C13H18FNO. The molecule has 2 nitrogen and oxygen atoms in total. The molecule has 1 saturated heterocycles. The average Bonchev–Trinajstić information content (AvgIpc) is 2.34. The van der Waals surface area contributed by atoms with Crippen LogP contribution in [0.1, 0.15) is 24.4 Å². The molecule has 2 atom stereocenters. The predicted octanol–water partition coefficient (Wildman–Crippen LogP) is 2.51. The highest BCUT2D eigenvalue weighted by molar-refractivity contribution is 5.22. The minimum absolute atomic E-state index is 0.0569. The zero-order chi connectivity index (χ0) is 11.4. The summed E-state index contributed by atoms with van der Waals surface area (Å²) in [5.41, 5.74) is 0.750. The van der Waals surface area contributed by atoms with Crippen molar-refractivity contribution in [3.8, 4) is 0 Å². The fraction of sp³-hybridized carbons (Fsp3) is 0.538. The lowest BCUT2D eigenvalue weighted by Gasteiger charge is -2.30. The standard InChI is InChI=1S/C13H18FNO/c1-15-13(10-5-4-8-16-9-10)11-6-2-3-7-12(11)14/h2-3,6-7,10,13,15H,4-5,8-9H2,1H3. The fourth-order valence-corrected chi connectivity index (χ4v) is 2.40. The smallest absolute Gasteiger partial charge is 0.127 e. The van der Waals surface area contributed by atoms with Crippen molar-refractivity contribution in [1.29, 1.82) is 0 Å². The minimum atomic E-state index is -0.132. The summed E-state index contributed by atoms with van der Waals surface area (Å²) in [5.74, 6) is 0.239. The first-order chi connectivity index (χ1) is 7.83. The molecule has 88 valence electrons. The van der Waals surface area contributed by atoms with Crippen LogP contribution in [0.3, 0.4) is 0 Å². The van der Waals surface area contributed by atoms with Crippen molar-refractivity contribution < 1.29 is 9.13 Å². The summed E-state index contributed by atoms with van der Waals surface area (Å²) in [5, 5.41) is 3.21. The van der Waals surface area contributed by atoms with Crippen LogP contribution in [-0.4, -0.2) is 20.3 Å². The van der Waals surface area contributed by atoms with Crippen LogP contribution < -0.4 is 5.32 Å². The third-order valence-corrected chi connectivity index (χ3v) is 3.22. The molecule has 1 aliphatic rings. The molecular weight excluding hydrogens is 205 g/mol. The molecule has 0 amide bonds. The maximum atomic E-state index is 13.7. The third-order valence-electron chi connectivity index (χ3n) is 3.22. The molecule has 3 heteroatoms. The van der Waals surface area contributed by atoms with Gasteiger partial charge in [-0.3, -0.25) is 0 Å². The topological polar surface area (TPSA) is 21.3 Å². The van der Waals surface area contributed by atoms with E-state index in [2.05, 4.69) is 5.32 Å². The number of rotatable bonds is 3. The van der Waals surface area contributed by atoms with Crippen molar-refractivity contribution in [2.24, 2.45) is 5.92 Å². The van der Waals surface area contributed by atoms with Crippen LogP contribution >= 0.6 is 0 Å². The number of hydrogen-bond acceptors (Lipinski definition) is 2. The molecule has 0 aliphatic carbocycles. The molecule has 1 heterocycles. The van der Waals surface area contributed by atoms with Gasteiger partial charge in [-0.05, 0) is 26.0 Å². The van der Waals surface area contributed by atoms with E-state index in [9.17, 15) is 4.39 Å². The van der Waals surface area contributed by atoms with E-state index in [4.69, 9.17) is 4.74 Å². The van der Waals surface area contributed by atoms with Crippen LogP contribution in [0.2, 0.25) is 0 Å². The Bertz CT molecular complexity index is 336. The summed E-state index contributed by atoms with van der Waals surface area (Å²) in [7, 11) is 1.88. The highest BCUT2D eigenvalue weighted by Crippen LogP contribution is 2.29. The van der Waals surface area contributed by atoms with E-state index in [1.807, 2.05) is 19.2 Å². The molecule has 0 aromatic heterocycles. The van der Waals surface area contributed by atoms with Crippen molar-refractivity contribution in [3.63, 3.8) is 0 Å². The molecule has 16 heavy (non-hydrogen) atoms. The quantitative estimate of drug-likeness (QED) is 0.850. The molecule has 1 aliphatic heterocycles.